The van der Waals surface area contributed by atoms with Crippen LogP contribution in [0.3, 0.4) is 0 Å². The molecular weight excluding hydrogens is 485 g/mol. The maximum Gasteiger partial charge on any atom is 0.191 e. The molecule has 150 valence electrons. The Kier molecular flexibility index (Phi) is 10.6. The molecule has 0 spiro atoms. The van der Waals surface area contributed by atoms with Gasteiger partial charge in [-0.2, -0.15) is 11.8 Å². The van der Waals surface area contributed by atoms with Crippen molar-refractivity contribution in [3.63, 3.8) is 0 Å². The Morgan fingerprint density at radius 1 is 1.26 bits per heavy atom. The van der Waals surface area contributed by atoms with Crippen LogP contribution in [-0.2, 0) is 20.1 Å². The number of aromatic nitrogens is 3. The molecule has 0 aliphatic heterocycles. The second kappa shape index (κ2) is 12.1. The molecule has 0 radical (unpaired) electrons. The number of aliphatic imine (C=N–C) groups is 1. The van der Waals surface area contributed by atoms with Crippen LogP contribution in [0.5, 0.6) is 0 Å². The summed E-state index contributed by atoms with van der Waals surface area (Å²) in [6, 6.07) is 3.37. The number of nitrogens with zero attached hydrogens (tertiary/aromatic N) is 4. The van der Waals surface area contributed by atoms with E-state index >= 15 is 0 Å². The summed E-state index contributed by atoms with van der Waals surface area (Å²) in [6.07, 6.45) is 3.02. The highest BCUT2D eigenvalue weighted by molar-refractivity contribution is 14.0. The molecule has 2 aromatic rings. The standard InChI is InChI=1S/C17H24F2N6S.HI/c1-12-23-24-16(25(12)2)11-22-17(20-7-4-8-26-3)21-10-13-9-14(18)5-6-15(13)19;/h5-6,9H,4,7-8,10-11H2,1-3H3,(H2,20,21,22);1H. The molecule has 0 aliphatic carbocycles. The molecule has 0 aliphatic rings. The molecule has 1 aromatic heterocycles. The molecule has 0 unspecified atom stereocenters. The first kappa shape index (κ1) is 23.6. The van der Waals surface area contributed by atoms with Crippen LogP contribution in [0.4, 0.5) is 8.78 Å². The Labute approximate surface area is 179 Å². The van der Waals surface area contributed by atoms with Gasteiger partial charge in [0.25, 0.3) is 0 Å². The third-order valence-corrected chi connectivity index (χ3v) is 4.53. The molecule has 27 heavy (non-hydrogen) atoms. The van der Waals surface area contributed by atoms with Gasteiger partial charge in [0.1, 0.15) is 17.5 Å². The molecule has 0 saturated heterocycles. The summed E-state index contributed by atoms with van der Waals surface area (Å²) in [4.78, 5) is 4.37. The fourth-order valence-electron chi connectivity index (χ4n) is 2.19. The summed E-state index contributed by atoms with van der Waals surface area (Å²) in [5, 5.41) is 14.5. The maximum atomic E-state index is 13.8. The molecule has 10 heteroatoms. The molecule has 1 aromatic carbocycles. The van der Waals surface area contributed by atoms with Gasteiger partial charge in [-0.25, -0.2) is 13.8 Å². The van der Waals surface area contributed by atoms with Crippen LogP contribution in [0.15, 0.2) is 23.2 Å². The normalized spacial score (nSPS) is 11.2. The molecule has 0 atom stereocenters. The van der Waals surface area contributed by atoms with E-state index in [0.29, 0.717) is 12.5 Å². The van der Waals surface area contributed by atoms with Crippen molar-refractivity contribution in [3.8, 4) is 0 Å². The molecule has 6 nitrogen and oxygen atoms in total. The van der Waals surface area contributed by atoms with Gasteiger partial charge in [-0.15, -0.1) is 34.2 Å². The van der Waals surface area contributed by atoms with Crippen molar-refractivity contribution >= 4 is 41.7 Å². The van der Waals surface area contributed by atoms with Crippen molar-refractivity contribution in [1.82, 2.24) is 25.4 Å². The van der Waals surface area contributed by atoms with E-state index in [2.05, 4.69) is 32.1 Å². The van der Waals surface area contributed by atoms with Gasteiger partial charge in [-0.05, 0) is 43.6 Å². The largest absolute Gasteiger partial charge is 0.356 e. The fourth-order valence-corrected chi connectivity index (χ4v) is 2.63. The van der Waals surface area contributed by atoms with Crippen molar-refractivity contribution in [1.29, 1.82) is 0 Å². The van der Waals surface area contributed by atoms with E-state index in [-0.39, 0.29) is 36.1 Å². The summed E-state index contributed by atoms with van der Waals surface area (Å²) in [5.41, 5.74) is 0.213. The number of hydrogen-bond acceptors (Lipinski definition) is 4. The average molecular weight is 510 g/mol. The summed E-state index contributed by atoms with van der Waals surface area (Å²) >= 11 is 1.77. The molecule has 2 N–H and O–H groups in total. The quantitative estimate of drug-likeness (QED) is 0.248. The van der Waals surface area contributed by atoms with Gasteiger partial charge >= 0.3 is 0 Å². The second-order valence-corrected chi connectivity index (χ2v) is 6.74. The van der Waals surface area contributed by atoms with Crippen molar-refractivity contribution in [2.75, 3.05) is 18.6 Å². The minimum absolute atomic E-state index is 0. The number of hydrogen-bond donors (Lipinski definition) is 2. The minimum atomic E-state index is -0.478. The molecule has 1 heterocycles. The molecular formula is C17H25F2IN6S. The zero-order valence-corrected chi connectivity index (χ0v) is 18.8. The van der Waals surface area contributed by atoms with Crippen LogP contribution in [-0.4, -0.2) is 39.3 Å². The maximum absolute atomic E-state index is 13.8. The van der Waals surface area contributed by atoms with Crippen LogP contribution in [0.25, 0.3) is 0 Å². The first-order valence-corrected chi connectivity index (χ1v) is 9.70. The predicted octanol–water partition coefficient (Wildman–Crippen LogP) is 3.01. The van der Waals surface area contributed by atoms with E-state index in [0.717, 1.165) is 48.6 Å². The number of benzene rings is 1. The molecule has 2 rings (SSSR count). The van der Waals surface area contributed by atoms with Crippen LogP contribution in [0.1, 0.15) is 23.6 Å². The predicted molar refractivity (Wildman–Crippen MR) is 116 cm³/mol. The van der Waals surface area contributed by atoms with Gasteiger partial charge in [-0.3, -0.25) is 0 Å². The van der Waals surface area contributed by atoms with Crippen LogP contribution in [0, 0.1) is 18.6 Å². The van der Waals surface area contributed by atoms with Gasteiger partial charge in [0.15, 0.2) is 11.8 Å². The highest BCUT2D eigenvalue weighted by Gasteiger charge is 2.07. The average Bonchev–Trinajstić information content (AvgIpc) is 2.95. The zero-order chi connectivity index (χ0) is 18.9. The Hall–Kier alpha value is -1.43. The topological polar surface area (TPSA) is 67.1 Å². The number of guanidine groups is 1. The third kappa shape index (κ3) is 7.60. The van der Waals surface area contributed by atoms with E-state index in [1.54, 1.807) is 11.8 Å². The summed E-state index contributed by atoms with van der Waals surface area (Å²) in [7, 11) is 1.89. The smallest absolute Gasteiger partial charge is 0.191 e. The Balaban J connectivity index is 0.00000364. The van der Waals surface area contributed by atoms with Crippen molar-refractivity contribution in [2.45, 2.75) is 26.4 Å². The number of aryl methyl sites for hydroxylation is 1. The molecule has 0 fully saturated rings. The van der Waals surface area contributed by atoms with Crippen LogP contribution >= 0.6 is 35.7 Å². The lowest BCUT2D eigenvalue weighted by Gasteiger charge is -2.12. The molecule has 0 saturated carbocycles. The van der Waals surface area contributed by atoms with Crippen LogP contribution < -0.4 is 10.6 Å². The van der Waals surface area contributed by atoms with E-state index in [4.69, 9.17) is 0 Å². The number of rotatable bonds is 8. The van der Waals surface area contributed by atoms with E-state index < -0.39 is 11.6 Å². The van der Waals surface area contributed by atoms with Gasteiger partial charge in [-0.1, -0.05) is 0 Å². The highest BCUT2D eigenvalue weighted by atomic mass is 127. The first-order chi connectivity index (χ1) is 12.5. The summed E-state index contributed by atoms with van der Waals surface area (Å²) in [6.45, 7) is 3.08. The van der Waals surface area contributed by atoms with Crippen molar-refractivity contribution in [2.24, 2.45) is 12.0 Å². The van der Waals surface area contributed by atoms with E-state index in [9.17, 15) is 8.78 Å². The van der Waals surface area contributed by atoms with Crippen LogP contribution in [0.2, 0.25) is 0 Å². The minimum Gasteiger partial charge on any atom is -0.356 e. The Bertz CT molecular complexity index is 753. The van der Waals surface area contributed by atoms with Gasteiger partial charge in [0, 0.05) is 19.2 Å². The lowest BCUT2D eigenvalue weighted by molar-refractivity contribution is 0.585. The lowest BCUT2D eigenvalue weighted by Crippen LogP contribution is -2.38. The second-order valence-electron chi connectivity index (χ2n) is 5.75. The summed E-state index contributed by atoms with van der Waals surface area (Å²) < 4.78 is 29.0. The monoisotopic (exact) mass is 510 g/mol. The van der Waals surface area contributed by atoms with Crippen molar-refractivity contribution in [3.05, 3.63) is 47.0 Å². The Morgan fingerprint density at radius 3 is 2.70 bits per heavy atom. The lowest BCUT2D eigenvalue weighted by atomic mass is 10.2. The number of thioether (sulfide) groups is 1. The van der Waals surface area contributed by atoms with E-state index in [1.165, 1.54) is 0 Å². The molecule has 0 amide bonds. The summed E-state index contributed by atoms with van der Waals surface area (Å²) in [5.74, 6) is 2.18. The van der Waals surface area contributed by atoms with Gasteiger partial charge in [0.05, 0.1) is 13.1 Å². The number of nitrogens with one attached hydrogen (secondary N) is 2. The highest BCUT2D eigenvalue weighted by Crippen LogP contribution is 2.10. The van der Waals surface area contributed by atoms with Gasteiger partial charge < -0.3 is 15.2 Å². The fraction of sp³-hybridized carbons (Fsp3) is 0.471. The third-order valence-electron chi connectivity index (χ3n) is 3.83. The zero-order valence-electron chi connectivity index (χ0n) is 15.6. The molecule has 0 bridgehead atoms. The van der Waals surface area contributed by atoms with Gasteiger partial charge in [0.2, 0.25) is 0 Å². The first-order valence-electron chi connectivity index (χ1n) is 8.31. The van der Waals surface area contributed by atoms with Crippen molar-refractivity contribution < 1.29 is 8.78 Å². The number of halogens is 3. The SMILES string of the molecule is CSCCCNC(=NCc1cc(F)ccc1F)NCc1nnc(C)n1C.I. The van der Waals surface area contributed by atoms with E-state index in [1.807, 2.05) is 18.5 Å². The Morgan fingerprint density at radius 2 is 2.04 bits per heavy atom.